The Balaban J connectivity index is 4.48. The highest BCUT2D eigenvalue weighted by Crippen LogP contribution is 2.24. The second kappa shape index (κ2) is 3.99. The number of rotatable bonds is 4. The number of alkyl halides is 2. The molecule has 0 unspecified atom stereocenters. The number of halogens is 2. The quantitative estimate of drug-likeness (QED) is 0.483. The van der Waals surface area contributed by atoms with Crippen molar-refractivity contribution in [1.82, 2.24) is 0 Å². The Bertz CT molecular complexity index is 209. The summed E-state index contributed by atoms with van der Waals surface area (Å²) in [5, 5.41) is 0. The molecule has 0 amide bonds. The highest BCUT2D eigenvalue weighted by atomic mass is 19.3. The highest BCUT2D eigenvalue weighted by molar-refractivity contribution is 5.82. The van der Waals surface area contributed by atoms with Crippen LogP contribution in [0, 0.1) is 0 Å². The van der Waals surface area contributed by atoms with Crippen LogP contribution in [-0.4, -0.2) is 18.5 Å². The van der Waals surface area contributed by atoms with Gasteiger partial charge in [0.05, 0.1) is 6.61 Å². The van der Waals surface area contributed by atoms with Crippen molar-refractivity contribution in [2.24, 2.45) is 0 Å². The molecule has 68 valence electrons. The Morgan fingerprint density at radius 3 is 2.50 bits per heavy atom. The van der Waals surface area contributed by atoms with Crippen LogP contribution in [0.15, 0.2) is 24.8 Å². The number of carbonyl (C=O) groups is 1. The van der Waals surface area contributed by atoms with Gasteiger partial charge in [0, 0.05) is 5.57 Å². The predicted octanol–water partition coefficient (Wildman–Crippen LogP) is 1.93. The second-order valence-electron chi connectivity index (χ2n) is 2.02. The Labute approximate surface area is 69.5 Å². The van der Waals surface area contributed by atoms with Crippen LogP contribution in [0.2, 0.25) is 0 Å². The van der Waals surface area contributed by atoms with Crippen LogP contribution in [0.25, 0.3) is 0 Å². The lowest BCUT2D eigenvalue weighted by atomic mass is 10.1. The van der Waals surface area contributed by atoms with Crippen LogP contribution >= 0.6 is 0 Å². The Morgan fingerprint density at radius 2 is 2.17 bits per heavy atom. The molecule has 0 aliphatic rings. The maximum absolute atomic E-state index is 12.8. The lowest BCUT2D eigenvalue weighted by Gasteiger charge is -2.13. The minimum Gasteiger partial charge on any atom is -0.461 e. The molecule has 0 saturated carbocycles. The van der Waals surface area contributed by atoms with Crippen LogP contribution in [0.5, 0.6) is 0 Å². The van der Waals surface area contributed by atoms with Gasteiger partial charge in [-0.15, -0.1) is 0 Å². The molecule has 0 aromatic rings. The van der Waals surface area contributed by atoms with Gasteiger partial charge in [-0.25, -0.2) is 4.79 Å². The van der Waals surface area contributed by atoms with E-state index in [1.54, 1.807) is 0 Å². The molecule has 0 aliphatic carbocycles. The molecule has 0 saturated heterocycles. The lowest BCUT2D eigenvalue weighted by molar-refractivity contribution is -0.165. The summed E-state index contributed by atoms with van der Waals surface area (Å²) in [7, 11) is 0. The van der Waals surface area contributed by atoms with Crippen molar-refractivity contribution in [3.05, 3.63) is 24.8 Å². The predicted molar refractivity (Wildman–Crippen MR) is 40.9 cm³/mol. The zero-order valence-corrected chi connectivity index (χ0v) is 6.77. The largest absolute Gasteiger partial charge is 0.461 e. The fourth-order valence-corrected chi connectivity index (χ4v) is 0.481. The van der Waals surface area contributed by atoms with Crippen molar-refractivity contribution < 1.29 is 18.3 Å². The molecule has 0 aromatic heterocycles. The Morgan fingerprint density at radius 1 is 1.67 bits per heavy atom. The smallest absolute Gasteiger partial charge is 0.381 e. The summed E-state index contributed by atoms with van der Waals surface area (Å²) >= 11 is 0. The van der Waals surface area contributed by atoms with Gasteiger partial charge in [-0.05, 0) is 6.92 Å². The third-order valence-corrected chi connectivity index (χ3v) is 1.18. The maximum Gasteiger partial charge on any atom is 0.381 e. The minimum atomic E-state index is -3.66. The van der Waals surface area contributed by atoms with Crippen LogP contribution in [0.1, 0.15) is 6.92 Å². The van der Waals surface area contributed by atoms with E-state index in [0.717, 1.165) is 6.08 Å². The highest BCUT2D eigenvalue weighted by Gasteiger charge is 2.42. The molecule has 2 nitrogen and oxygen atoms in total. The van der Waals surface area contributed by atoms with E-state index in [9.17, 15) is 13.6 Å². The molecule has 0 rings (SSSR count). The van der Waals surface area contributed by atoms with Gasteiger partial charge < -0.3 is 4.74 Å². The first-order valence-corrected chi connectivity index (χ1v) is 3.33. The van der Waals surface area contributed by atoms with Gasteiger partial charge in [0.25, 0.3) is 0 Å². The van der Waals surface area contributed by atoms with Gasteiger partial charge in [-0.3, -0.25) is 0 Å². The summed E-state index contributed by atoms with van der Waals surface area (Å²) in [5.74, 6) is -5.24. The minimum absolute atomic E-state index is 0.0845. The fourth-order valence-electron chi connectivity index (χ4n) is 0.481. The normalized spacial score (nSPS) is 10.6. The van der Waals surface area contributed by atoms with E-state index in [1.807, 2.05) is 0 Å². The fraction of sp³-hybridized carbons (Fsp3) is 0.375. The third-order valence-electron chi connectivity index (χ3n) is 1.18. The van der Waals surface area contributed by atoms with E-state index in [2.05, 4.69) is 17.9 Å². The molecule has 0 spiro atoms. The van der Waals surface area contributed by atoms with Crippen molar-refractivity contribution in [2.45, 2.75) is 12.8 Å². The first-order chi connectivity index (χ1) is 5.46. The Kier molecular flexibility index (Phi) is 3.60. The van der Waals surface area contributed by atoms with Gasteiger partial charge in [-0.2, -0.15) is 8.78 Å². The van der Waals surface area contributed by atoms with Crippen LogP contribution in [-0.2, 0) is 9.53 Å². The van der Waals surface area contributed by atoms with Crippen LogP contribution < -0.4 is 0 Å². The van der Waals surface area contributed by atoms with E-state index in [-0.39, 0.29) is 6.61 Å². The second-order valence-corrected chi connectivity index (χ2v) is 2.02. The summed E-state index contributed by atoms with van der Waals surface area (Å²) in [5.41, 5.74) is -0.652. The van der Waals surface area contributed by atoms with E-state index in [0.29, 0.717) is 0 Å². The van der Waals surface area contributed by atoms with E-state index in [1.165, 1.54) is 6.92 Å². The van der Waals surface area contributed by atoms with Gasteiger partial charge >= 0.3 is 11.9 Å². The summed E-state index contributed by atoms with van der Waals surface area (Å²) in [6.07, 6.45) is 0.830. The molecule has 0 fully saturated rings. The summed E-state index contributed by atoms with van der Waals surface area (Å²) in [6.45, 7) is 7.43. The molecular formula is C8H10F2O2. The Hall–Kier alpha value is -1.19. The van der Waals surface area contributed by atoms with Crippen molar-refractivity contribution in [2.75, 3.05) is 6.61 Å². The maximum atomic E-state index is 12.8. The number of ether oxygens (including phenoxy) is 1. The van der Waals surface area contributed by atoms with Gasteiger partial charge in [-0.1, -0.05) is 19.2 Å². The number of hydrogen-bond donors (Lipinski definition) is 0. The monoisotopic (exact) mass is 176 g/mol. The van der Waals surface area contributed by atoms with Crippen LogP contribution in [0.3, 0.4) is 0 Å². The lowest BCUT2D eigenvalue weighted by Crippen LogP contribution is -2.31. The first kappa shape index (κ1) is 10.8. The van der Waals surface area contributed by atoms with Gasteiger partial charge in [0.15, 0.2) is 0 Å². The molecule has 0 bridgehead atoms. The van der Waals surface area contributed by atoms with Crippen molar-refractivity contribution in [1.29, 1.82) is 0 Å². The third kappa shape index (κ3) is 2.15. The van der Waals surface area contributed by atoms with E-state index >= 15 is 0 Å². The molecule has 4 heteroatoms. The van der Waals surface area contributed by atoms with Crippen LogP contribution in [0.4, 0.5) is 8.78 Å². The molecule has 12 heavy (non-hydrogen) atoms. The SMILES string of the molecule is C=CC(=C)C(F)(F)C(=O)OCC. The number of allylic oxidation sites excluding steroid dienone is 1. The van der Waals surface area contributed by atoms with Crippen molar-refractivity contribution in [3.63, 3.8) is 0 Å². The van der Waals surface area contributed by atoms with Gasteiger partial charge in [0.2, 0.25) is 0 Å². The molecule has 0 atom stereocenters. The number of hydrogen-bond acceptors (Lipinski definition) is 2. The first-order valence-electron chi connectivity index (χ1n) is 3.33. The summed E-state index contributed by atoms with van der Waals surface area (Å²) in [6, 6.07) is 0. The van der Waals surface area contributed by atoms with Gasteiger partial charge in [0.1, 0.15) is 0 Å². The molecule has 0 heterocycles. The number of carbonyl (C=O) groups excluding carboxylic acids is 1. The van der Waals surface area contributed by atoms with E-state index in [4.69, 9.17) is 0 Å². The van der Waals surface area contributed by atoms with E-state index < -0.39 is 17.5 Å². The van der Waals surface area contributed by atoms with Crippen molar-refractivity contribution in [3.8, 4) is 0 Å². The zero-order chi connectivity index (χ0) is 9.78. The number of esters is 1. The molecule has 0 aliphatic heterocycles. The molecule has 0 aromatic carbocycles. The van der Waals surface area contributed by atoms with Crippen molar-refractivity contribution >= 4 is 5.97 Å². The summed E-state index contributed by atoms with van der Waals surface area (Å²) in [4.78, 5) is 10.6. The standard InChI is InChI=1S/C8H10F2O2/c1-4-6(3)8(9,10)7(11)12-5-2/h4H,1,3,5H2,2H3. The molecule has 0 N–H and O–H groups in total. The topological polar surface area (TPSA) is 26.3 Å². The summed E-state index contributed by atoms with van der Waals surface area (Å²) < 4.78 is 29.6. The average molecular weight is 176 g/mol. The average Bonchev–Trinajstić information content (AvgIpc) is 2.03. The zero-order valence-electron chi connectivity index (χ0n) is 6.77. The molecule has 0 radical (unpaired) electrons. The molecular weight excluding hydrogens is 166 g/mol.